The Labute approximate surface area is 158 Å². The van der Waals surface area contributed by atoms with Gasteiger partial charge in [-0.15, -0.1) is 0 Å². The number of hydrogen-bond donors (Lipinski definition) is 0. The van der Waals surface area contributed by atoms with E-state index in [0.29, 0.717) is 11.8 Å². The summed E-state index contributed by atoms with van der Waals surface area (Å²) in [6.45, 7) is 8.42. The molecule has 27 heavy (non-hydrogen) atoms. The highest BCUT2D eigenvalue weighted by Crippen LogP contribution is 2.31. The van der Waals surface area contributed by atoms with E-state index in [9.17, 15) is 9.59 Å². The Hall–Kier alpha value is -2.96. The highest BCUT2D eigenvalue weighted by atomic mass is 16.2. The van der Waals surface area contributed by atoms with Crippen LogP contribution in [0.3, 0.4) is 0 Å². The third kappa shape index (κ3) is 2.49. The van der Waals surface area contributed by atoms with Crippen LogP contribution in [0.5, 0.6) is 0 Å². The van der Waals surface area contributed by atoms with Crippen molar-refractivity contribution in [1.82, 2.24) is 14.4 Å². The molecule has 1 aromatic heterocycles. The molecule has 1 fully saturated rings. The van der Waals surface area contributed by atoms with Gasteiger partial charge in [0.1, 0.15) is 11.9 Å². The van der Waals surface area contributed by atoms with E-state index in [4.69, 9.17) is 0 Å². The molecular weight excluding hydrogens is 342 g/mol. The Kier molecular flexibility index (Phi) is 3.91. The zero-order valence-electron chi connectivity index (χ0n) is 16.3. The molecular formula is C20H24N5O2+. The lowest BCUT2D eigenvalue weighted by molar-refractivity contribution is -0.677. The fraction of sp³-hybridized carbons (Fsp3) is 0.400. The molecule has 0 radical (unpaired) electrons. The fourth-order valence-corrected chi connectivity index (χ4v) is 3.94. The fourth-order valence-electron chi connectivity index (χ4n) is 3.94. The molecule has 1 aromatic carbocycles. The quantitative estimate of drug-likeness (QED) is 0.784. The SMILES string of the molecule is Cc1ccccc1CN1C(=O)C2C(=Nc3n(C(C)C)c(C)c[n+]32)N(C)C1=O. The van der Waals surface area contributed by atoms with Gasteiger partial charge < -0.3 is 0 Å². The van der Waals surface area contributed by atoms with Crippen molar-refractivity contribution in [2.45, 2.75) is 46.3 Å². The Morgan fingerprint density at radius 3 is 2.56 bits per heavy atom. The second-order valence-corrected chi connectivity index (χ2v) is 7.51. The van der Waals surface area contributed by atoms with Crippen molar-refractivity contribution < 1.29 is 14.2 Å². The van der Waals surface area contributed by atoms with Gasteiger partial charge in [0.05, 0.1) is 12.6 Å². The van der Waals surface area contributed by atoms with Gasteiger partial charge >= 0.3 is 12.0 Å². The molecule has 0 N–H and O–H groups in total. The number of nitrogens with zero attached hydrogens (tertiary/aromatic N) is 5. The van der Waals surface area contributed by atoms with Crippen molar-refractivity contribution in [3.8, 4) is 0 Å². The summed E-state index contributed by atoms with van der Waals surface area (Å²) in [6.07, 6.45) is 1.95. The van der Waals surface area contributed by atoms with E-state index in [1.54, 1.807) is 7.05 Å². The summed E-state index contributed by atoms with van der Waals surface area (Å²) in [7, 11) is 1.68. The number of aromatic nitrogens is 2. The number of aliphatic imine (C=N–C) groups is 1. The number of amides is 3. The van der Waals surface area contributed by atoms with Crippen molar-refractivity contribution in [3.05, 3.63) is 47.3 Å². The summed E-state index contributed by atoms with van der Waals surface area (Å²) in [5.41, 5.74) is 3.06. The van der Waals surface area contributed by atoms with Crippen LogP contribution in [-0.2, 0) is 11.3 Å². The minimum Gasteiger partial charge on any atom is -0.270 e. The van der Waals surface area contributed by atoms with Gasteiger partial charge in [-0.2, -0.15) is 0 Å². The van der Waals surface area contributed by atoms with Crippen molar-refractivity contribution >= 4 is 23.7 Å². The molecule has 1 saturated heterocycles. The number of hydrogen-bond acceptors (Lipinski definition) is 3. The summed E-state index contributed by atoms with van der Waals surface area (Å²) < 4.78 is 3.98. The summed E-state index contributed by atoms with van der Waals surface area (Å²) in [4.78, 5) is 33.7. The van der Waals surface area contributed by atoms with Crippen molar-refractivity contribution in [3.63, 3.8) is 0 Å². The van der Waals surface area contributed by atoms with Gasteiger partial charge in [0, 0.05) is 7.05 Å². The van der Waals surface area contributed by atoms with Crippen LogP contribution in [0.4, 0.5) is 10.7 Å². The van der Waals surface area contributed by atoms with Crippen LogP contribution in [0, 0.1) is 13.8 Å². The number of amidine groups is 1. The van der Waals surface area contributed by atoms with E-state index in [2.05, 4.69) is 23.4 Å². The zero-order valence-corrected chi connectivity index (χ0v) is 16.3. The van der Waals surface area contributed by atoms with E-state index in [-0.39, 0.29) is 24.5 Å². The standard InChI is InChI=1S/C20H24N5O2/c1-12(2)25-14(4)10-23-16-17(21-19(23)25)22(5)20(27)24(18(16)26)11-15-9-7-6-8-13(15)3/h6-10,12,16H,11H2,1-5H3/q+1. The van der Waals surface area contributed by atoms with Crippen molar-refractivity contribution in [2.24, 2.45) is 4.99 Å². The zero-order chi connectivity index (χ0) is 19.5. The minimum absolute atomic E-state index is 0.213. The molecule has 7 heteroatoms. The smallest absolute Gasteiger partial charge is 0.270 e. The number of carbonyl (C=O) groups is 2. The molecule has 0 spiro atoms. The van der Waals surface area contributed by atoms with Crippen LogP contribution < -0.4 is 4.57 Å². The first-order valence-electron chi connectivity index (χ1n) is 9.16. The Balaban J connectivity index is 1.76. The monoisotopic (exact) mass is 366 g/mol. The topological polar surface area (TPSA) is 61.8 Å². The van der Waals surface area contributed by atoms with Gasteiger partial charge in [-0.3, -0.25) is 14.6 Å². The number of imide groups is 1. The Morgan fingerprint density at radius 1 is 1.19 bits per heavy atom. The van der Waals surface area contributed by atoms with Crippen molar-refractivity contribution in [2.75, 3.05) is 7.05 Å². The Morgan fingerprint density at radius 2 is 1.89 bits per heavy atom. The molecule has 140 valence electrons. The first-order valence-corrected chi connectivity index (χ1v) is 9.16. The predicted molar refractivity (Wildman–Crippen MR) is 101 cm³/mol. The molecule has 0 saturated carbocycles. The molecule has 1 unspecified atom stereocenters. The van der Waals surface area contributed by atoms with E-state index < -0.39 is 6.04 Å². The maximum absolute atomic E-state index is 13.3. The highest BCUT2D eigenvalue weighted by Gasteiger charge is 2.53. The maximum Gasteiger partial charge on any atom is 0.402 e. The number of rotatable bonds is 3. The third-order valence-electron chi connectivity index (χ3n) is 5.36. The van der Waals surface area contributed by atoms with Gasteiger partial charge in [0.25, 0.3) is 5.91 Å². The lowest BCUT2D eigenvalue weighted by Gasteiger charge is -2.33. The molecule has 0 aliphatic carbocycles. The van der Waals surface area contributed by atoms with Crippen LogP contribution in [0.15, 0.2) is 35.5 Å². The molecule has 7 nitrogen and oxygen atoms in total. The molecule has 0 bridgehead atoms. The highest BCUT2D eigenvalue weighted by molar-refractivity contribution is 6.19. The first-order chi connectivity index (χ1) is 12.8. The number of urea groups is 1. The first kappa shape index (κ1) is 17.5. The van der Waals surface area contributed by atoms with Gasteiger partial charge in [0.2, 0.25) is 11.9 Å². The molecule has 3 heterocycles. The minimum atomic E-state index is -0.592. The number of carbonyl (C=O) groups excluding carboxylic acids is 2. The van der Waals surface area contributed by atoms with E-state index in [0.717, 1.165) is 16.8 Å². The van der Waals surface area contributed by atoms with Gasteiger partial charge in [-0.25, -0.2) is 13.9 Å². The van der Waals surface area contributed by atoms with Crippen LogP contribution in [0.1, 0.15) is 42.8 Å². The number of fused-ring (bicyclic) bond motifs is 3. The molecule has 2 aliphatic rings. The second kappa shape index (κ2) is 6.04. The molecule has 4 rings (SSSR count). The van der Waals surface area contributed by atoms with Crippen molar-refractivity contribution in [1.29, 1.82) is 0 Å². The number of likely N-dealkylation sites (N-methyl/N-ethyl adjacent to an activating group) is 1. The average Bonchev–Trinajstić information content (AvgIpc) is 3.12. The molecule has 1 atom stereocenters. The van der Waals surface area contributed by atoms with E-state index in [1.165, 1.54) is 9.80 Å². The molecule has 3 amide bonds. The summed E-state index contributed by atoms with van der Waals surface area (Å²) in [5.74, 6) is 0.980. The van der Waals surface area contributed by atoms with Crippen LogP contribution >= 0.6 is 0 Å². The lowest BCUT2D eigenvalue weighted by atomic mass is 10.1. The number of benzene rings is 1. The Bertz CT molecular complexity index is 988. The second-order valence-electron chi connectivity index (χ2n) is 7.51. The van der Waals surface area contributed by atoms with Gasteiger partial charge in [-0.1, -0.05) is 29.3 Å². The third-order valence-corrected chi connectivity index (χ3v) is 5.36. The summed E-state index contributed by atoms with van der Waals surface area (Å²) in [5, 5.41) is 0. The average molecular weight is 366 g/mol. The largest absolute Gasteiger partial charge is 0.402 e. The maximum atomic E-state index is 13.3. The normalized spacial score (nSPS) is 18.9. The van der Waals surface area contributed by atoms with Crippen LogP contribution in [0.2, 0.25) is 0 Å². The predicted octanol–water partition coefficient (Wildman–Crippen LogP) is 2.65. The number of aryl methyl sites for hydroxylation is 2. The lowest BCUT2D eigenvalue weighted by Crippen LogP contribution is -2.62. The summed E-state index contributed by atoms with van der Waals surface area (Å²) >= 11 is 0. The number of imidazole rings is 1. The van der Waals surface area contributed by atoms with Crippen LogP contribution in [0.25, 0.3) is 0 Å². The van der Waals surface area contributed by atoms with E-state index in [1.807, 2.05) is 48.9 Å². The van der Waals surface area contributed by atoms with Gasteiger partial charge in [-0.05, 0) is 38.8 Å². The molecule has 2 aromatic rings. The van der Waals surface area contributed by atoms with E-state index >= 15 is 0 Å². The summed E-state index contributed by atoms with van der Waals surface area (Å²) in [6, 6.07) is 7.09. The molecule has 2 aliphatic heterocycles. The van der Waals surface area contributed by atoms with Crippen LogP contribution in [-0.4, -0.2) is 39.2 Å². The van der Waals surface area contributed by atoms with Gasteiger partial charge in [0.15, 0.2) is 0 Å².